The second-order valence-corrected chi connectivity index (χ2v) is 6.08. The van der Waals surface area contributed by atoms with Crippen LogP contribution in [0, 0.1) is 0 Å². The van der Waals surface area contributed by atoms with Crippen LogP contribution in [0.15, 0.2) is 48.5 Å². The van der Waals surface area contributed by atoms with E-state index in [4.69, 9.17) is 11.6 Å². The summed E-state index contributed by atoms with van der Waals surface area (Å²) < 4.78 is 0. The number of hydrogen-bond acceptors (Lipinski definition) is 2. The van der Waals surface area contributed by atoms with Gasteiger partial charge in [-0.05, 0) is 35.7 Å². The van der Waals surface area contributed by atoms with Crippen molar-refractivity contribution in [3.63, 3.8) is 0 Å². The van der Waals surface area contributed by atoms with E-state index in [1.165, 1.54) is 11.1 Å². The van der Waals surface area contributed by atoms with Gasteiger partial charge in [0.2, 0.25) is 5.91 Å². The van der Waals surface area contributed by atoms with Crippen LogP contribution in [-0.4, -0.2) is 29.9 Å². The van der Waals surface area contributed by atoms with Crippen LogP contribution >= 0.6 is 11.6 Å². The molecule has 1 atom stereocenters. The van der Waals surface area contributed by atoms with Gasteiger partial charge < -0.3 is 5.32 Å². The lowest BCUT2D eigenvalue weighted by Crippen LogP contribution is -2.53. The van der Waals surface area contributed by atoms with E-state index in [1.54, 1.807) is 0 Å². The summed E-state index contributed by atoms with van der Waals surface area (Å²) >= 11 is 5.92. The molecule has 1 saturated heterocycles. The predicted molar refractivity (Wildman–Crippen MR) is 89.8 cm³/mol. The van der Waals surface area contributed by atoms with Crippen LogP contribution in [0.1, 0.15) is 12.5 Å². The number of benzene rings is 2. The molecule has 1 aliphatic rings. The third-order valence-corrected chi connectivity index (χ3v) is 4.39. The minimum absolute atomic E-state index is 0.0651. The van der Waals surface area contributed by atoms with Gasteiger partial charge in [-0.25, -0.2) is 0 Å². The van der Waals surface area contributed by atoms with Crippen LogP contribution in [0.25, 0.3) is 11.1 Å². The zero-order valence-corrected chi connectivity index (χ0v) is 13.3. The van der Waals surface area contributed by atoms with Crippen molar-refractivity contribution in [1.29, 1.82) is 0 Å². The number of piperazine rings is 1. The van der Waals surface area contributed by atoms with E-state index < -0.39 is 0 Å². The molecular weight excluding hydrogens is 296 g/mol. The topological polar surface area (TPSA) is 32.3 Å². The van der Waals surface area contributed by atoms with Crippen LogP contribution in [0.4, 0.5) is 0 Å². The molecule has 1 N–H and O–H groups in total. The maximum atomic E-state index is 11.7. The van der Waals surface area contributed by atoms with E-state index in [0.717, 1.165) is 30.2 Å². The van der Waals surface area contributed by atoms with Crippen LogP contribution < -0.4 is 5.32 Å². The molecule has 0 spiro atoms. The summed E-state index contributed by atoms with van der Waals surface area (Å²) in [4.78, 5) is 13.9. The Labute approximate surface area is 135 Å². The number of nitrogens with one attached hydrogen (secondary N) is 1. The van der Waals surface area contributed by atoms with Gasteiger partial charge in [0.05, 0.1) is 6.04 Å². The Kier molecular flexibility index (Phi) is 4.46. The third-order valence-electron chi connectivity index (χ3n) is 4.14. The first-order chi connectivity index (χ1) is 10.6. The van der Waals surface area contributed by atoms with Crippen LogP contribution in [0.5, 0.6) is 0 Å². The molecule has 3 nitrogen and oxygen atoms in total. The molecule has 2 aromatic rings. The number of carbonyl (C=O) groups excluding carboxylic acids is 1. The molecule has 2 aromatic carbocycles. The molecule has 1 aliphatic heterocycles. The Morgan fingerprint density at radius 3 is 2.32 bits per heavy atom. The second-order valence-electron chi connectivity index (χ2n) is 5.64. The maximum absolute atomic E-state index is 11.7. The molecule has 22 heavy (non-hydrogen) atoms. The second kappa shape index (κ2) is 6.51. The number of carbonyl (C=O) groups is 1. The van der Waals surface area contributed by atoms with E-state index in [0.29, 0.717) is 0 Å². The molecule has 3 rings (SSSR count). The number of hydrogen-bond donors (Lipinski definition) is 1. The van der Waals surface area contributed by atoms with Gasteiger partial charge in [0, 0.05) is 24.7 Å². The largest absolute Gasteiger partial charge is 0.353 e. The first-order valence-electron chi connectivity index (χ1n) is 7.50. The highest BCUT2D eigenvalue weighted by Crippen LogP contribution is 2.22. The number of nitrogens with zero attached hydrogens (tertiary/aromatic N) is 1. The SMILES string of the molecule is CC1C(=O)NCCN1Cc1ccc(-c2ccc(Cl)cc2)cc1. The Morgan fingerprint density at radius 2 is 1.68 bits per heavy atom. The van der Waals surface area contributed by atoms with E-state index in [-0.39, 0.29) is 11.9 Å². The molecule has 0 aliphatic carbocycles. The highest BCUT2D eigenvalue weighted by Gasteiger charge is 2.24. The average Bonchev–Trinajstić information content (AvgIpc) is 2.53. The lowest BCUT2D eigenvalue weighted by atomic mass is 10.0. The summed E-state index contributed by atoms with van der Waals surface area (Å²) in [7, 11) is 0. The van der Waals surface area contributed by atoms with Gasteiger partial charge in [0.15, 0.2) is 0 Å². The summed E-state index contributed by atoms with van der Waals surface area (Å²) in [6, 6.07) is 16.3. The fourth-order valence-corrected chi connectivity index (χ4v) is 2.85. The monoisotopic (exact) mass is 314 g/mol. The zero-order valence-electron chi connectivity index (χ0n) is 12.6. The third kappa shape index (κ3) is 3.32. The maximum Gasteiger partial charge on any atom is 0.237 e. The van der Waals surface area contributed by atoms with Crippen molar-refractivity contribution in [2.45, 2.75) is 19.5 Å². The lowest BCUT2D eigenvalue weighted by Gasteiger charge is -2.32. The smallest absolute Gasteiger partial charge is 0.237 e. The molecule has 0 aromatic heterocycles. The van der Waals surface area contributed by atoms with Crippen molar-refractivity contribution in [2.75, 3.05) is 13.1 Å². The fraction of sp³-hybridized carbons (Fsp3) is 0.278. The van der Waals surface area contributed by atoms with Crippen LogP contribution in [-0.2, 0) is 11.3 Å². The average molecular weight is 315 g/mol. The Balaban J connectivity index is 1.71. The summed E-state index contributed by atoms with van der Waals surface area (Å²) in [5.74, 6) is 0.115. The van der Waals surface area contributed by atoms with Crippen molar-refractivity contribution in [1.82, 2.24) is 10.2 Å². The molecule has 0 radical (unpaired) electrons. The van der Waals surface area contributed by atoms with Crippen LogP contribution in [0.2, 0.25) is 5.02 Å². The summed E-state index contributed by atoms with van der Waals surface area (Å²) in [6.45, 7) is 4.38. The van der Waals surface area contributed by atoms with Crippen LogP contribution in [0.3, 0.4) is 0 Å². The number of rotatable bonds is 3. The molecule has 1 unspecified atom stereocenters. The Bertz CT molecular complexity index is 652. The summed E-state index contributed by atoms with van der Waals surface area (Å²) in [5, 5.41) is 3.64. The lowest BCUT2D eigenvalue weighted by molar-refractivity contribution is -0.128. The van der Waals surface area contributed by atoms with Crippen molar-refractivity contribution >= 4 is 17.5 Å². The van der Waals surface area contributed by atoms with E-state index in [9.17, 15) is 4.79 Å². The molecule has 1 fully saturated rings. The normalized spacial score (nSPS) is 19.0. The highest BCUT2D eigenvalue weighted by atomic mass is 35.5. The summed E-state index contributed by atoms with van der Waals surface area (Å²) in [5.41, 5.74) is 3.55. The van der Waals surface area contributed by atoms with Crippen molar-refractivity contribution in [3.8, 4) is 11.1 Å². The minimum Gasteiger partial charge on any atom is -0.353 e. The van der Waals surface area contributed by atoms with Gasteiger partial charge in [-0.1, -0.05) is 48.0 Å². The Morgan fingerprint density at radius 1 is 1.09 bits per heavy atom. The predicted octanol–water partition coefficient (Wildman–Crippen LogP) is 3.33. The van der Waals surface area contributed by atoms with Crippen molar-refractivity contribution < 1.29 is 4.79 Å². The Hall–Kier alpha value is -1.84. The quantitative estimate of drug-likeness (QED) is 0.942. The van der Waals surface area contributed by atoms with E-state index >= 15 is 0 Å². The van der Waals surface area contributed by atoms with Gasteiger partial charge in [-0.2, -0.15) is 0 Å². The van der Waals surface area contributed by atoms with Gasteiger partial charge in [-0.3, -0.25) is 9.69 Å². The van der Waals surface area contributed by atoms with Crippen molar-refractivity contribution in [3.05, 3.63) is 59.1 Å². The molecule has 1 heterocycles. The summed E-state index contributed by atoms with van der Waals surface area (Å²) in [6.07, 6.45) is 0. The highest BCUT2D eigenvalue weighted by molar-refractivity contribution is 6.30. The molecule has 0 bridgehead atoms. The standard InChI is InChI=1S/C18H19ClN2O/c1-13-18(22)20-10-11-21(13)12-14-2-4-15(5-3-14)16-6-8-17(19)9-7-16/h2-9,13H,10-12H2,1H3,(H,20,22). The first kappa shape index (κ1) is 15.1. The molecular formula is C18H19ClN2O. The molecule has 114 valence electrons. The molecule has 0 saturated carbocycles. The van der Waals surface area contributed by atoms with E-state index in [1.807, 2.05) is 31.2 Å². The minimum atomic E-state index is -0.0651. The molecule has 4 heteroatoms. The number of amides is 1. The molecule has 1 amide bonds. The van der Waals surface area contributed by atoms with Crippen molar-refractivity contribution in [2.24, 2.45) is 0 Å². The fourth-order valence-electron chi connectivity index (χ4n) is 2.73. The van der Waals surface area contributed by atoms with Gasteiger partial charge in [0.25, 0.3) is 0 Å². The van der Waals surface area contributed by atoms with Gasteiger partial charge in [-0.15, -0.1) is 0 Å². The zero-order chi connectivity index (χ0) is 15.5. The number of halogens is 1. The van der Waals surface area contributed by atoms with Gasteiger partial charge >= 0.3 is 0 Å². The first-order valence-corrected chi connectivity index (χ1v) is 7.88. The van der Waals surface area contributed by atoms with E-state index in [2.05, 4.69) is 34.5 Å². The van der Waals surface area contributed by atoms with Gasteiger partial charge in [0.1, 0.15) is 0 Å².